The van der Waals surface area contributed by atoms with Crippen LogP contribution in [0.25, 0.3) is 10.2 Å². The summed E-state index contributed by atoms with van der Waals surface area (Å²) in [6.07, 6.45) is 2.44. The van der Waals surface area contributed by atoms with Gasteiger partial charge in [0.2, 0.25) is 5.91 Å². The van der Waals surface area contributed by atoms with Gasteiger partial charge in [0, 0.05) is 19.0 Å². The Hall–Kier alpha value is -1.69. The normalized spacial score (nSPS) is 10.9. The van der Waals surface area contributed by atoms with Crippen LogP contribution in [0.1, 0.15) is 20.3 Å². The van der Waals surface area contributed by atoms with Crippen LogP contribution in [0.3, 0.4) is 0 Å². The number of rotatable bonds is 6. The van der Waals surface area contributed by atoms with Gasteiger partial charge in [-0.2, -0.15) is 0 Å². The molecule has 19 heavy (non-hydrogen) atoms. The fourth-order valence-electron chi connectivity index (χ4n) is 1.64. The molecule has 5 nitrogen and oxygen atoms in total. The van der Waals surface area contributed by atoms with E-state index in [9.17, 15) is 4.79 Å². The molecule has 0 fully saturated rings. The van der Waals surface area contributed by atoms with Crippen LogP contribution in [-0.4, -0.2) is 29.0 Å². The van der Waals surface area contributed by atoms with E-state index in [1.807, 2.05) is 25.3 Å². The van der Waals surface area contributed by atoms with Crippen LogP contribution in [0.2, 0.25) is 0 Å². The van der Waals surface area contributed by atoms with Crippen molar-refractivity contribution in [1.82, 2.24) is 15.3 Å². The quantitative estimate of drug-likeness (QED) is 0.795. The number of anilines is 1. The summed E-state index contributed by atoms with van der Waals surface area (Å²) in [5, 5.41) is 9.23. The summed E-state index contributed by atoms with van der Waals surface area (Å²) in [5.74, 6) is 1.00. The molecule has 0 aromatic carbocycles. The van der Waals surface area contributed by atoms with E-state index >= 15 is 0 Å². The van der Waals surface area contributed by atoms with Gasteiger partial charge in [-0.15, -0.1) is 11.3 Å². The zero-order valence-corrected chi connectivity index (χ0v) is 12.0. The number of hydrogen-bond acceptors (Lipinski definition) is 5. The average molecular weight is 278 g/mol. The van der Waals surface area contributed by atoms with E-state index in [4.69, 9.17) is 0 Å². The van der Waals surface area contributed by atoms with Crippen LogP contribution in [-0.2, 0) is 4.79 Å². The third-order valence-electron chi connectivity index (χ3n) is 2.73. The lowest BCUT2D eigenvalue weighted by molar-refractivity contribution is -0.123. The van der Waals surface area contributed by atoms with E-state index in [0.717, 1.165) is 29.0 Å². The van der Waals surface area contributed by atoms with Crippen molar-refractivity contribution in [2.45, 2.75) is 20.3 Å². The molecule has 102 valence electrons. The molecule has 2 rings (SSSR count). The Kier molecular flexibility index (Phi) is 4.68. The fraction of sp³-hybridized carbons (Fsp3) is 0.462. The predicted molar refractivity (Wildman–Crippen MR) is 78.4 cm³/mol. The Labute approximate surface area is 116 Å². The van der Waals surface area contributed by atoms with Gasteiger partial charge in [0.25, 0.3) is 0 Å². The van der Waals surface area contributed by atoms with E-state index in [2.05, 4.69) is 20.6 Å². The van der Waals surface area contributed by atoms with Crippen molar-refractivity contribution in [2.24, 2.45) is 5.92 Å². The monoisotopic (exact) mass is 278 g/mol. The van der Waals surface area contributed by atoms with Crippen molar-refractivity contribution in [1.29, 1.82) is 0 Å². The number of carbonyl (C=O) groups excluding carboxylic acids is 1. The molecule has 0 aliphatic rings. The summed E-state index contributed by atoms with van der Waals surface area (Å²) in [6, 6.07) is 2.02. The summed E-state index contributed by atoms with van der Waals surface area (Å²) in [4.78, 5) is 20.8. The van der Waals surface area contributed by atoms with E-state index in [-0.39, 0.29) is 11.8 Å². The van der Waals surface area contributed by atoms with Crippen molar-refractivity contribution < 1.29 is 4.79 Å². The lowest BCUT2D eigenvalue weighted by Gasteiger charge is -2.09. The molecule has 1 amide bonds. The van der Waals surface area contributed by atoms with Crippen LogP contribution >= 0.6 is 11.3 Å². The van der Waals surface area contributed by atoms with Crippen LogP contribution in [0, 0.1) is 5.92 Å². The topological polar surface area (TPSA) is 66.9 Å². The maximum Gasteiger partial charge on any atom is 0.222 e. The minimum Gasteiger partial charge on any atom is -0.369 e. The molecular weight excluding hydrogens is 260 g/mol. The Morgan fingerprint density at radius 2 is 2.21 bits per heavy atom. The summed E-state index contributed by atoms with van der Waals surface area (Å²) < 4.78 is 0. The van der Waals surface area contributed by atoms with E-state index in [0.29, 0.717) is 6.54 Å². The van der Waals surface area contributed by atoms with Crippen molar-refractivity contribution >= 4 is 33.3 Å². The molecule has 0 atom stereocenters. The highest BCUT2D eigenvalue weighted by molar-refractivity contribution is 7.16. The average Bonchev–Trinajstić information content (AvgIpc) is 2.87. The van der Waals surface area contributed by atoms with Gasteiger partial charge in [0.05, 0.1) is 5.39 Å². The summed E-state index contributed by atoms with van der Waals surface area (Å²) in [7, 11) is 0. The Morgan fingerprint density at radius 3 is 3.00 bits per heavy atom. The minimum atomic E-state index is 0.0419. The number of fused-ring (bicyclic) bond motifs is 1. The number of hydrogen-bond donors (Lipinski definition) is 2. The highest BCUT2D eigenvalue weighted by atomic mass is 32.1. The Balaban J connectivity index is 1.77. The maximum atomic E-state index is 11.4. The molecule has 0 bridgehead atoms. The maximum absolute atomic E-state index is 11.4. The standard InChI is InChI=1S/C13H18N4OS/c1-9(2)12(18)15-6-3-5-14-11-10-4-7-19-13(10)17-8-16-11/h4,7-9H,3,5-6H2,1-2H3,(H,15,18)(H,14,16,17). The zero-order chi connectivity index (χ0) is 13.7. The van der Waals surface area contributed by atoms with Gasteiger partial charge in [-0.1, -0.05) is 13.8 Å². The summed E-state index contributed by atoms with van der Waals surface area (Å²) >= 11 is 1.60. The number of thiophene rings is 1. The van der Waals surface area contributed by atoms with Gasteiger partial charge in [-0.3, -0.25) is 4.79 Å². The molecule has 2 aromatic rings. The molecule has 0 spiro atoms. The van der Waals surface area contributed by atoms with Crippen LogP contribution in [0.15, 0.2) is 17.8 Å². The van der Waals surface area contributed by atoms with Crippen LogP contribution in [0.5, 0.6) is 0 Å². The van der Waals surface area contributed by atoms with Gasteiger partial charge < -0.3 is 10.6 Å². The van der Waals surface area contributed by atoms with Crippen molar-refractivity contribution in [2.75, 3.05) is 18.4 Å². The first-order valence-corrected chi connectivity index (χ1v) is 7.26. The van der Waals surface area contributed by atoms with Gasteiger partial charge in [0.1, 0.15) is 17.0 Å². The lowest BCUT2D eigenvalue weighted by atomic mass is 10.2. The minimum absolute atomic E-state index is 0.0419. The largest absolute Gasteiger partial charge is 0.369 e. The lowest BCUT2D eigenvalue weighted by Crippen LogP contribution is -2.29. The number of amides is 1. The number of nitrogens with one attached hydrogen (secondary N) is 2. The highest BCUT2D eigenvalue weighted by Gasteiger charge is 2.06. The van der Waals surface area contributed by atoms with E-state index in [1.54, 1.807) is 17.7 Å². The SMILES string of the molecule is CC(C)C(=O)NCCCNc1ncnc2sccc12. The molecule has 0 unspecified atom stereocenters. The molecule has 0 aliphatic heterocycles. The molecule has 0 aliphatic carbocycles. The second kappa shape index (κ2) is 6.47. The molecule has 2 aromatic heterocycles. The number of carbonyl (C=O) groups is 1. The van der Waals surface area contributed by atoms with E-state index < -0.39 is 0 Å². The molecular formula is C13H18N4OS. The smallest absolute Gasteiger partial charge is 0.222 e. The Bertz CT molecular complexity index is 552. The van der Waals surface area contributed by atoms with Crippen LogP contribution in [0.4, 0.5) is 5.82 Å². The van der Waals surface area contributed by atoms with Gasteiger partial charge in [0.15, 0.2) is 0 Å². The van der Waals surface area contributed by atoms with E-state index in [1.165, 1.54) is 0 Å². The molecule has 6 heteroatoms. The predicted octanol–water partition coefficient (Wildman–Crippen LogP) is 2.27. The van der Waals surface area contributed by atoms with Crippen molar-refractivity contribution in [3.8, 4) is 0 Å². The highest BCUT2D eigenvalue weighted by Crippen LogP contribution is 2.23. The first-order valence-electron chi connectivity index (χ1n) is 6.38. The first-order chi connectivity index (χ1) is 9.18. The molecule has 2 heterocycles. The fourth-order valence-corrected chi connectivity index (χ4v) is 2.37. The second-order valence-electron chi connectivity index (χ2n) is 4.59. The number of aromatic nitrogens is 2. The third-order valence-corrected chi connectivity index (χ3v) is 3.55. The van der Waals surface area contributed by atoms with Gasteiger partial charge in [-0.25, -0.2) is 9.97 Å². The third kappa shape index (κ3) is 3.64. The van der Waals surface area contributed by atoms with Gasteiger partial charge >= 0.3 is 0 Å². The second-order valence-corrected chi connectivity index (χ2v) is 5.48. The number of nitrogens with zero attached hydrogens (tertiary/aromatic N) is 2. The Morgan fingerprint density at radius 1 is 1.37 bits per heavy atom. The van der Waals surface area contributed by atoms with Crippen molar-refractivity contribution in [3.05, 3.63) is 17.8 Å². The molecule has 2 N–H and O–H groups in total. The molecule has 0 saturated heterocycles. The van der Waals surface area contributed by atoms with Crippen LogP contribution < -0.4 is 10.6 Å². The van der Waals surface area contributed by atoms with Gasteiger partial charge in [-0.05, 0) is 17.9 Å². The zero-order valence-electron chi connectivity index (χ0n) is 11.1. The molecule has 0 radical (unpaired) electrons. The first kappa shape index (κ1) is 13.7. The summed E-state index contributed by atoms with van der Waals surface area (Å²) in [6.45, 7) is 5.24. The summed E-state index contributed by atoms with van der Waals surface area (Å²) in [5.41, 5.74) is 0. The molecule has 0 saturated carbocycles. The van der Waals surface area contributed by atoms with Crippen molar-refractivity contribution in [3.63, 3.8) is 0 Å².